The Balaban J connectivity index is 2.30. The van der Waals surface area contributed by atoms with E-state index in [4.69, 9.17) is 4.74 Å². The third-order valence-corrected chi connectivity index (χ3v) is 3.17. The van der Waals surface area contributed by atoms with Gasteiger partial charge < -0.3 is 15.0 Å². The second-order valence-corrected chi connectivity index (χ2v) is 4.83. The highest BCUT2D eigenvalue weighted by Crippen LogP contribution is 2.21. The molecular weight excluding hydrogens is 282 g/mol. The molecule has 2 aromatic rings. The number of rotatable bonds is 6. The lowest BCUT2D eigenvalue weighted by Crippen LogP contribution is -2.28. The maximum absolute atomic E-state index is 12.0. The van der Waals surface area contributed by atoms with Gasteiger partial charge in [0.05, 0.1) is 12.8 Å². The summed E-state index contributed by atoms with van der Waals surface area (Å²) in [6, 6.07) is 8.74. The third kappa shape index (κ3) is 3.94. The number of nitrogens with one attached hydrogen (secondary N) is 2. The van der Waals surface area contributed by atoms with Crippen molar-refractivity contribution in [3.05, 3.63) is 46.5 Å². The monoisotopic (exact) mass is 301 g/mol. The lowest BCUT2D eigenvalue weighted by molar-refractivity contribution is 0.0947. The predicted octanol–water partition coefficient (Wildman–Crippen LogP) is 1.98. The number of aromatic nitrogens is 2. The van der Waals surface area contributed by atoms with E-state index < -0.39 is 5.69 Å². The summed E-state index contributed by atoms with van der Waals surface area (Å²) in [5.74, 6) is 0.352. The minimum Gasteiger partial charge on any atom is -0.497 e. The second kappa shape index (κ2) is 7.40. The van der Waals surface area contributed by atoms with Crippen molar-refractivity contribution in [2.24, 2.45) is 0 Å². The van der Waals surface area contributed by atoms with E-state index in [1.54, 1.807) is 31.4 Å². The lowest BCUT2D eigenvalue weighted by atomic mass is 10.1. The van der Waals surface area contributed by atoms with Crippen LogP contribution in [0.4, 0.5) is 0 Å². The number of carbonyl (C=O) groups excluding carboxylic acids is 1. The van der Waals surface area contributed by atoms with Crippen molar-refractivity contribution in [2.75, 3.05) is 13.7 Å². The average molecular weight is 301 g/mol. The van der Waals surface area contributed by atoms with Crippen LogP contribution >= 0.6 is 0 Å². The maximum atomic E-state index is 12.0. The highest BCUT2D eigenvalue weighted by Gasteiger charge is 2.10. The number of benzene rings is 1. The summed E-state index contributed by atoms with van der Waals surface area (Å²) in [4.78, 5) is 30.1. The van der Waals surface area contributed by atoms with Gasteiger partial charge in [-0.3, -0.25) is 4.79 Å². The minimum absolute atomic E-state index is 0.203. The van der Waals surface area contributed by atoms with Gasteiger partial charge in [0, 0.05) is 12.1 Å². The van der Waals surface area contributed by atoms with Crippen LogP contribution in [0.25, 0.3) is 11.3 Å². The summed E-state index contributed by atoms with van der Waals surface area (Å²) >= 11 is 0. The number of hydrogen-bond donors (Lipinski definition) is 2. The largest absolute Gasteiger partial charge is 0.497 e. The highest BCUT2D eigenvalue weighted by molar-refractivity contribution is 5.93. The third-order valence-electron chi connectivity index (χ3n) is 3.17. The van der Waals surface area contributed by atoms with Crippen LogP contribution in [0.2, 0.25) is 0 Å². The normalized spacial score (nSPS) is 10.3. The minimum atomic E-state index is -0.555. The summed E-state index contributed by atoms with van der Waals surface area (Å²) in [6.45, 7) is 2.62. The van der Waals surface area contributed by atoms with E-state index in [1.807, 2.05) is 13.0 Å². The molecule has 0 aliphatic rings. The zero-order valence-corrected chi connectivity index (χ0v) is 12.7. The number of carbonyl (C=O) groups is 1. The zero-order chi connectivity index (χ0) is 15.9. The number of ether oxygens (including phenoxy) is 1. The molecule has 116 valence electrons. The molecule has 0 unspecified atom stereocenters. The summed E-state index contributed by atoms with van der Waals surface area (Å²) in [5, 5.41) is 2.77. The molecule has 1 aromatic heterocycles. The van der Waals surface area contributed by atoms with Gasteiger partial charge >= 0.3 is 5.69 Å². The smallest absolute Gasteiger partial charge is 0.346 e. The van der Waals surface area contributed by atoms with Gasteiger partial charge in [-0.05, 0) is 24.6 Å². The molecule has 1 amide bonds. The fraction of sp³-hybridized carbons (Fsp3) is 0.312. The van der Waals surface area contributed by atoms with E-state index in [1.165, 1.54) is 0 Å². The van der Waals surface area contributed by atoms with Gasteiger partial charge in [0.25, 0.3) is 5.91 Å². The van der Waals surface area contributed by atoms with Crippen molar-refractivity contribution in [1.29, 1.82) is 0 Å². The summed E-state index contributed by atoms with van der Waals surface area (Å²) in [5.41, 5.74) is 0.797. The Morgan fingerprint density at radius 2 is 2.18 bits per heavy atom. The van der Waals surface area contributed by atoms with Crippen molar-refractivity contribution in [3.63, 3.8) is 0 Å². The number of aromatic amines is 1. The van der Waals surface area contributed by atoms with E-state index in [2.05, 4.69) is 15.3 Å². The van der Waals surface area contributed by atoms with Crippen LogP contribution in [0.5, 0.6) is 5.75 Å². The zero-order valence-electron chi connectivity index (χ0n) is 12.7. The van der Waals surface area contributed by atoms with Crippen molar-refractivity contribution in [3.8, 4) is 17.0 Å². The van der Waals surface area contributed by atoms with Crippen LogP contribution in [-0.2, 0) is 0 Å². The Morgan fingerprint density at radius 3 is 2.91 bits per heavy atom. The molecule has 6 nitrogen and oxygen atoms in total. The van der Waals surface area contributed by atoms with E-state index in [0.29, 0.717) is 23.6 Å². The average Bonchev–Trinajstić information content (AvgIpc) is 2.54. The SMILES string of the molecule is CCCCNC(=O)c1cc(-c2cccc(OC)c2)nc(=O)[nH]1. The molecule has 1 aromatic carbocycles. The number of nitrogens with zero attached hydrogens (tertiary/aromatic N) is 1. The Kier molecular flexibility index (Phi) is 5.30. The molecule has 22 heavy (non-hydrogen) atoms. The molecule has 1 heterocycles. The Labute approximate surface area is 128 Å². The highest BCUT2D eigenvalue weighted by atomic mass is 16.5. The van der Waals surface area contributed by atoms with E-state index in [-0.39, 0.29) is 11.6 Å². The van der Waals surface area contributed by atoms with Gasteiger partial charge in [-0.15, -0.1) is 0 Å². The van der Waals surface area contributed by atoms with Crippen LogP contribution < -0.4 is 15.7 Å². The second-order valence-electron chi connectivity index (χ2n) is 4.83. The standard InChI is InChI=1S/C16H19N3O3/c1-3-4-8-17-15(20)14-10-13(18-16(21)19-14)11-6-5-7-12(9-11)22-2/h5-7,9-10H,3-4,8H2,1-2H3,(H,17,20)(H,18,19,21). The fourth-order valence-corrected chi connectivity index (χ4v) is 1.98. The number of amides is 1. The number of H-pyrrole nitrogens is 1. The molecule has 6 heteroatoms. The molecule has 0 aliphatic carbocycles. The fourth-order valence-electron chi connectivity index (χ4n) is 1.98. The Morgan fingerprint density at radius 1 is 1.36 bits per heavy atom. The van der Waals surface area contributed by atoms with Crippen molar-refractivity contribution in [2.45, 2.75) is 19.8 Å². The quantitative estimate of drug-likeness (QED) is 0.799. The van der Waals surface area contributed by atoms with Crippen LogP contribution in [-0.4, -0.2) is 29.5 Å². The van der Waals surface area contributed by atoms with E-state index in [9.17, 15) is 9.59 Å². The number of methoxy groups -OCH3 is 1. The first-order valence-electron chi connectivity index (χ1n) is 7.18. The lowest BCUT2D eigenvalue weighted by Gasteiger charge is -2.07. The predicted molar refractivity (Wildman–Crippen MR) is 84.1 cm³/mol. The van der Waals surface area contributed by atoms with Gasteiger partial charge in [0.1, 0.15) is 11.4 Å². The van der Waals surface area contributed by atoms with Crippen molar-refractivity contribution in [1.82, 2.24) is 15.3 Å². The Bertz CT molecular complexity index is 710. The molecular formula is C16H19N3O3. The van der Waals surface area contributed by atoms with Gasteiger partial charge in [0.2, 0.25) is 0 Å². The molecule has 0 saturated carbocycles. The molecule has 0 bridgehead atoms. The molecule has 0 atom stereocenters. The molecule has 0 spiro atoms. The molecule has 0 fully saturated rings. The van der Waals surface area contributed by atoms with Crippen LogP contribution in [0.1, 0.15) is 30.3 Å². The summed E-state index contributed by atoms with van der Waals surface area (Å²) in [6.07, 6.45) is 1.88. The van der Waals surface area contributed by atoms with Crippen molar-refractivity contribution < 1.29 is 9.53 Å². The maximum Gasteiger partial charge on any atom is 0.346 e. The molecule has 2 N–H and O–H groups in total. The molecule has 2 rings (SSSR count). The first-order valence-corrected chi connectivity index (χ1v) is 7.18. The van der Waals surface area contributed by atoms with E-state index >= 15 is 0 Å². The molecule has 0 aliphatic heterocycles. The van der Waals surface area contributed by atoms with Crippen LogP contribution in [0.3, 0.4) is 0 Å². The van der Waals surface area contributed by atoms with Gasteiger partial charge in [-0.2, -0.15) is 4.98 Å². The van der Waals surface area contributed by atoms with Gasteiger partial charge in [-0.1, -0.05) is 25.5 Å². The molecule has 0 radical (unpaired) electrons. The topological polar surface area (TPSA) is 84.1 Å². The van der Waals surface area contributed by atoms with Crippen LogP contribution in [0, 0.1) is 0 Å². The number of hydrogen-bond acceptors (Lipinski definition) is 4. The molecule has 0 saturated heterocycles. The van der Waals surface area contributed by atoms with Gasteiger partial charge in [0.15, 0.2) is 0 Å². The van der Waals surface area contributed by atoms with Crippen LogP contribution in [0.15, 0.2) is 35.1 Å². The first kappa shape index (κ1) is 15.8. The van der Waals surface area contributed by atoms with Crippen molar-refractivity contribution >= 4 is 5.91 Å². The summed E-state index contributed by atoms with van der Waals surface area (Å²) < 4.78 is 5.16. The number of unbranched alkanes of at least 4 members (excludes halogenated alkanes) is 1. The van der Waals surface area contributed by atoms with Gasteiger partial charge in [-0.25, -0.2) is 4.79 Å². The summed E-state index contributed by atoms with van der Waals surface area (Å²) in [7, 11) is 1.57. The van der Waals surface area contributed by atoms with E-state index in [0.717, 1.165) is 12.8 Å². The first-order chi connectivity index (χ1) is 10.6. The Hall–Kier alpha value is -2.63.